The molecule has 1 aromatic rings. The number of carbonyl (C=O) groups is 2. The number of nitrogens with zero attached hydrogens (tertiary/aromatic N) is 1. The normalized spacial score (nSPS) is 10.2. The lowest BCUT2D eigenvalue weighted by molar-refractivity contribution is -0.143. The average molecular weight is 304 g/mol. The van der Waals surface area contributed by atoms with Crippen molar-refractivity contribution in [1.82, 2.24) is 4.57 Å². The molecule has 6 heteroatoms. The molecule has 17 heavy (non-hydrogen) atoms. The molecule has 0 fully saturated rings. The predicted molar refractivity (Wildman–Crippen MR) is 65.0 cm³/mol. The number of hydrogen-bond acceptors (Lipinski definition) is 3. The number of halogens is 1. The lowest BCUT2D eigenvalue weighted by atomic mass is 10.3. The van der Waals surface area contributed by atoms with Crippen LogP contribution in [0.5, 0.6) is 0 Å². The Morgan fingerprint density at radius 1 is 1.53 bits per heavy atom. The van der Waals surface area contributed by atoms with E-state index in [9.17, 15) is 9.59 Å². The highest BCUT2D eigenvalue weighted by Crippen LogP contribution is 2.15. The number of ether oxygens (including phenoxy) is 1. The first-order valence-electron chi connectivity index (χ1n) is 5.29. The highest BCUT2D eigenvalue weighted by atomic mass is 79.9. The van der Waals surface area contributed by atoms with Crippen molar-refractivity contribution in [2.24, 2.45) is 0 Å². The van der Waals surface area contributed by atoms with Crippen molar-refractivity contribution in [3.8, 4) is 0 Å². The van der Waals surface area contributed by atoms with Crippen LogP contribution in [0.25, 0.3) is 0 Å². The summed E-state index contributed by atoms with van der Waals surface area (Å²) < 4.78 is 7.11. The summed E-state index contributed by atoms with van der Waals surface area (Å²) in [5, 5.41) is 8.94. The Balaban J connectivity index is 2.51. The van der Waals surface area contributed by atoms with E-state index in [4.69, 9.17) is 9.84 Å². The monoisotopic (exact) mass is 303 g/mol. The molecule has 0 bridgehead atoms. The van der Waals surface area contributed by atoms with Crippen LogP contribution >= 0.6 is 15.9 Å². The lowest BCUT2D eigenvalue weighted by Crippen LogP contribution is -2.10. The molecule has 0 spiro atoms. The van der Waals surface area contributed by atoms with Gasteiger partial charge in [0.1, 0.15) is 5.69 Å². The summed E-state index contributed by atoms with van der Waals surface area (Å²) in [6.45, 7) is 2.60. The van der Waals surface area contributed by atoms with Crippen LogP contribution in [0.1, 0.15) is 30.3 Å². The summed E-state index contributed by atoms with van der Waals surface area (Å²) in [5.74, 6) is -1.23. The van der Waals surface area contributed by atoms with E-state index in [-0.39, 0.29) is 11.7 Å². The number of carboxylic acid groups (broad SMARTS) is 1. The number of aryl methyl sites for hydroxylation is 1. The van der Waals surface area contributed by atoms with Crippen molar-refractivity contribution in [2.45, 2.75) is 26.3 Å². The Morgan fingerprint density at radius 3 is 2.82 bits per heavy atom. The van der Waals surface area contributed by atoms with Crippen LogP contribution in [0.3, 0.4) is 0 Å². The van der Waals surface area contributed by atoms with Gasteiger partial charge in [-0.1, -0.05) is 0 Å². The quantitative estimate of drug-likeness (QED) is 0.819. The third kappa shape index (κ3) is 4.22. The molecule has 0 aliphatic carbocycles. The van der Waals surface area contributed by atoms with Crippen molar-refractivity contribution < 1.29 is 19.4 Å². The lowest BCUT2D eigenvalue weighted by Gasteiger charge is -2.05. The third-order valence-corrected chi connectivity index (χ3v) is 2.60. The molecule has 0 aliphatic heterocycles. The van der Waals surface area contributed by atoms with Crippen molar-refractivity contribution in [1.29, 1.82) is 0 Å². The Bertz CT molecular complexity index is 414. The van der Waals surface area contributed by atoms with E-state index in [1.165, 1.54) is 6.07 Å². The van der Waals surface area contributed by atoms with Gasteiger partial charge in [-0.3, -0.25) is 4.79 Å². The van der Waals surface area contributed by atoms with E-state index >= 15 is 0 Å². The summed E-state index contributed by atoms with van der Waals surface area (Å²) in [6, 6.07) is 1.53. The molecule has 1 aromatic heterocycles. The van der Waals surface area contributed by atoms with Gasteiger partial charge in [0, 0.05) is 23.6 Å². The van der Waals surface area contributed by atoms with E-state index in [0.717, 1.165) is 0 Å². The average Bonchev–Trinajstić information content (AvgIpc) is 2.60. The van der Waals surface area contributed by atoms with Crippen LogP contribution in [-0.4, -0.2) is 28.2 Å². The standard InChI is InChI=1S/C11H14BrNO4/c1-2-17-10(14)4-3-5-13-7-8(12)6-9(13)11(15)16/h6-7H,2-5H2,1H3,(H,15,16). The number of carboxylic acids is 1. The Labute approximate surface area is 108 Å². The first-order valence-corrected chi connectivity index (χ1v) is 6.08. The maximum Gasteiger partial charge on any atom is 0.352 e. The van der Waals surface area contributed by atoms with Gasteiger partial charge in [0.15, 0.2) is 0 Å². The number of hydrogen-bond donors (Lipinski definition) is 1. The molecule has 0 atom stereocenters. The van der Waals surface area contributed by atoms with E-state index in [1.807, 2.05) is 0 Å². The van der Waals surface area contributed by atoms with Crippen molar-refractivity contribution in [2.75, 3.05) is 6.61 Å². The Hall–Kier alpha value is -1.30. The first-order chi connectivity index (χ1) is 8.04. The van der Waals surface area contributed by atoms with Crippen molar-refractivity contribution in [3.05, 3.63) is 22.4 Å². The smallest absolute Gasteiger partial charge is 0.352 e. The van der Waals surface area contributed by atoms with Crippen LogP contribution in [0.15, 0.2) is 16.7 Å². The summed E-state index contributed by atoms with van der Waals surface area (Å²) in [7, 11) is 0. The SMILES string of the molecule is CCOC(=O)CCCn1cc(Br)cc1C(=O)O. The first kappa shape index (κ1) is 13.8. The molecule has 0 aromatic carbocycles. The minimum Gasteiger partial charge on any atom is -0.477 e. The fraction of sp³-hybridized carbons (Fsp3) is 0.455. The van der Waals surface area contributed by atoms with Gasteiger partial charge in [-0.2, -0.15) is 0 Å². The van der Waals surface area contributed by atoms with Crippen molar-refractivity contribution in [3.63, 3.8) is 0 Å². The molecular formula is C11H14BrNO4. The zero-order valence-corrected chi connectivity index (χ0v) is 11.1. The van der Waals surface area contributed by atoms with Crippen LogP contribution in [-0.2, 0) is 16.1 Å². The second-order valence-corrected chi connectivity index (χ2v) is 4.37. The molecule has 0 saturated heterocycles. The van der Waals surface area contributed by atoms with Crippen LogP contribution in [0, 0.1) is 0 Å². The fourth-order valence-electron chi connectivity index (χ4n) is 1.47. The van der Waals surface area contributed by atoms with Crippen LogP contribution < -0.4 is 0 Å². The topological polar surface area (TPSA) is 68.5 Å². The zero-order chi connectivity index (χ0) is 12.8. The van der Waals surface area contributed by atoms with Gasteiger partial charge < -0.3 is 14.4 Å². The van der Waals surface area contributed by atoms with Crippen molar-refractivity contribution >= 4 is 27.9 Å². The summed E-state index contributed by atoms with van der Waals surface area (Å²) in [6.07, 6.45) is 2.54. The van der Waals surface area contributed by atoms with E-state index in [1.54, 1.807) is 17.7 Å². The van der Waals surface area contributed by atoms with Gasteiger partial charge in [-0.15, -0.1) is 0 Å². The predicted octanol–water partition coefficient (Wildman–Crippen LogP) is 2.29. The van der Waals surface area contributed by atoms with E-state index in [2.05, 4.69) is 15.9 Å². The van der Waals surface area contributed by atoms with Gasteiger partial charge in [0.2, 0.25) is 0 Å². The van der Waals surface area contributed by atoms with Gasteiger partial charge >= 0.3 is 11.9 Å². The van der Waals surface area contributed by atoms with Gasteiger partial charge in [-0.05, 0) is 35.3 Å². The molecule has 0 unspecified atom stereocenters. The third-order valence-electron chi connectivity index (χ3n) is 2.17. The molecule has 1 heterocycles. The molecule has 0 amide bonds. The number of aromatic carboxylic acids is 1. The van der Waals surface area contributed by atoms with Gasteiger partial charge in [-0.25, -0.2) is 4.79 Å². The molecule has 0 aliphatic rings. The second kappa shape index (κ2) is 6.44. The number of rotatable bonds is 6. The maximum absolute atomic E-state index is 11.1. The molecule has 5 nitrogen and oxygen atoms in total. The molecule has 1 rings (SSSR count). The van der Waals surface area contributed by atoms with E-state index in [0.29, 0.717) is 30.5 Å². The maximum atomic E-state index is 11.1. The number of carbonyl (C=O) groups excluding carboxylic acids is 1. The summed E-state index contributed by atoms with van der Waals surface area (Å²) in [4.78, 5) is 22.0. The number of aromatic nitrogens is 1. The fourth-order valence-corrected chi connectivity index (χ4v) is 1.93. The molecule has 1 N–H and O–H groups in total. The highest BCUT2D eigenvalue weighted by molar-refractivity contribution is 9.10. The minimum absolute atomic E-state index is 0.209. The zero-order valence-electron chi connectivity index (χ0n) is 9.48. The van der Waals surface area contributed by atoms with Crippen LogP contribution in [0.4, 0.5) is 0 Å². The van der Waals surface area contributed by atoms with E-state index < -0.39 is 5.97 Å². The highest BCUT2D eigenvalue weighted by Gasteiger charge is 2.11. The largest absolute Gasteiger partial charge is 0.477 e. The molecule has 0 saturated carbocycles. The Morgan fingerprint density at radius 2 is 2.24 bits per heavy atom. The van der Waals surface area contributed by atoms with Crippen LogP contribution in [0.2, 0.25) is 0 Å². The van der Waals surface area contributed by atoms with Gasteiger partial charge in [0.05, 0.1) is 6.61 Å². The summed E-state index contributed by atoms with van der Waals surface area (Å²) >= 11 is 3.22. The Kier molecular flexibility index (Phi) is 5.21. The minimum atomic E-state index is -0.980. The molecule has 94 valence electrons. The molecular weight excluding hydrogens is 290 g/mol. The number of esters is 1. The second-order valence-electron chi connectivity index (χ2n) is 3.45. The van der Waals surface area contributed by atoms with Gasteiger partial charge in [0.25, 0.3) is 0 Å². The summed E-state index contributed by atoms with van der Waals surface area (Å²) in [5.41, 5.74) is 0.209. The molecule has 0 radical (unpaired) electrons.